The first-order chi connectivity index (χ1) is 13.4. The Labute approximate surface area is 170 Å². The van der Waals surface area contributed by atoms with Gasteiger partial charge in [-0.2, -0.15) is 0 Å². The summed E-state index contributed by atoms with van der Waals surface area (Å²) in [7, 11) is 1.37. The quantitative estimate of drug-likeness (QED) is 0.596. The molecular weight excluding hydrogens is 374 g/mol. The molecule has 0 saturated carbocycles. The number of halogens is 1. The molecule has 1 spiro atoms. The number of benzene rings is 1. The Kier molecular flexibility index (Phi) is 4.66. The molecule has 1 unspecified atom stereocenters. The summed E-state index contributed by atoms with van der Waals surface area (Å²) in [5.41, 5.74) is 2.41. The van der Waals surface area contributed by atoms with Crippen molar-refractivity contribution in [2.45, 2.75) is 50.5 Å². The SMILES string of the molecule is COC(=O)C1=C(Cl)NC(C2=CCCC=N2)=NC12CCC(C)(C)c1ccccc12. The topological polar surface area (TPSA) is 63.0 Å². The van der Waals surface area contributed by atoms with Crippen LogP contribution in [0.5, 0.6) is 0 Å². The molecule has 1 aromatic rings. The number of carbonyl (C=O) groups is 1. The summed E-state index contributed by atoms with van der Waals surface area (Å²) >= 11 is 6.64. The van der Waals surface area contributed by atoms with Crippen LogP contribution in [0.2, 0.25) is 0 Å². The average molecular weight is 398 g/mol. The first kappa shape index (κ1) is 18.9. The van der Waals surface area contributed by atoms with Crippen LogP contribution in [-0.4, -0.2) is 25.1 Å². The monoisotopic (exact) mass is 397 g/mol. The first-order valence-corrected chi connectivity index (χ1v) is 9.95. The Morgan fingerprint density at radius 3 is 2.61 bits per heavy atom. The lowest BCUT2D eigenvalue weighted by Gasteiger charge is -2.45. The molecule has 1 aliphatic carbocycles. The molecule has 146 valence electrons. The fourth-order valence-corrected chi connectivity index (χ4v) is 4.67. The zero-order valence-corrected chi connectivity index (χ0v) is 17.1. The zero-order chi connectivity index (χ0) is 19.9. The fraction of sp³-hybridized carbons (Fsp3) is 0.409. The van der Waals surface area contributed by atoms with Crippen LogP contribution in [0.3, 0.4) is 0 Å². The Bertz CT molecular complexity index is 958. The number of fused-ring (bicyclic) bond motifs is 2. The molecule has 4 rings (SSSR count). The molecule has 5 nitrogen and oxygen atoms in total. The van der Waals surface area contributed by atoms with Crippen molar-refractivity contribution in [2.75, 3.05) is 7.11 Å². The number of ether oxygens (including phenoxy) is 1. The van der Waals surface area contributed by atoms with E-state index in [1.54, 1.807) is 0 Å². The molecule has 6 heteroatoms. The van der Waals surface area contributed by atoms with Gasteiger partial charge < -0.3 is 10.1 Å². The third-order valence-corrected chi connectivity index (χ3v) is 6.16. The highest BCUT2D eigenvalue weighted by Gasteiger charge is 2.51. The van der Waals surface area contributed by atoms with Crippen molar-refractivity contribution >= 4 is 29.6 Å². The number of hydrogen-bond acceptors (Lipinski definition) is 5. The highest BCUT2D eigenvalue weighted by Crippen LogP contribution is 2.52. The smallest absolute Gasteiger partial charge is 0.339 e. The van der Waals surface area contributed by atoms with Crippen LogP contribution >= 0.6 is 11.6 Å². The van der Waals surface area contributed by atoms with E-state index in [-0.39, 0.29) is 10.6 Å². The second-order valence-electron chi connectivity index (χ2n) is 8.03. The Morgan fingerprint density at radius 2 is 1.93 bits per heavy atom. The summed E-state index contributed by atoms with van der Waals surface area (Å²) in [6, 6.07) is 8.19. The number of nitrogens with one attached hydrogen (secondary N) is 1. The summed E-state index contributed by atoms with van der Waals surface area (Å²) in [5.74, 6) is 0.138. The lowest BCUT2D eigenvalue weighted by Crippen LogP contribution is -2.46. The molecular formula is C22H24ClN3O2. The zero-order valence-electron chi connectivity index (χ0n) is 16.4. The molecule has 3 aliphatic rings. The average Bonchev–Trinajstić information content (AvgIpc) is 2.71. The van der Waals surface area contributed by atoms with E-state index in [9.17, 15) is 4.79 Å². The minimum Gasteiger partial charge on any atom is -0.465 e. The molecule has 0 bridgehead atoms. The van der Waals surface area contributed by atoms with Crippen LogP contribution in [0.15, 0.2) is 56.8 Å². The summed E-state index contributed by atoms with van der Waals surface area (Å²) in [4.78, 5) is 22.4. The van der Waals surface area contributed by atoms with Gasteiger partial charge in [-0.25, -0.2) is 9.79 Å². The molecule has 0 radical (unpaired) electrons. The second-order valence-corrected chi connectivity index (χ2v) is 8.41. The minimum atomic E-state index is -0.884. The van der Waals surface area contributed by atoms with E-state index in [4.69, 9.17) is 21.3 Å². The Morgan fingerprint density at radius 1 is 1.18 bits per heavy atom. The van der Waals surface area contributed by atoms with Gasteiger partial charge in [0.1, 0.15) is 22.0 Å². The van der Waals surface area contributed by atoms with Crippen molar-refractivity contribution in [3.05, 3.63) is 57.9 Å². The maximum atomic E-state index is 12.8. The van der Waals surface area contributed by atoms with Crippen molar-refractivity contribution in [2.24, 2.45) is 9.98 Å². The first-order valence-electron chi connectivity index (χ1n) is 9.57. The van der Waals surface area contributed by atoms with Crippen molar-refractivity contribution in [3.63, 3.8) is 0 Å². The number of esters is 1. The number of methoxy groups -OCH3 is 1. The Hall–Kier alpha value is -2.40. The molecule has 0 aromatic heterocycles. The molecule has 0 fully saturated rings. The largest absolute Gasteiger partial charge is 0.465 e. The van der Waals surface area contributed by atoms with E-state index in [0.717, 1.165) is 30.5 Å². The highest BCUT2D eigenvalue weighted by atomic mass is 35.5. The third kappa shape index (κ3) is 2.89. The number of carbonyl (C=O) groups excluding carboxylic acids is 1. The van der Waals surface area contributed by atoms with Crippen molar-refractivity contribution in [1.29, 1.82) is 0 Å². The molecule has 28 heavy (non-hydrogen) atoms. The number of amidine groups is 1. The maximum absolute atomic E-state index is 12.8. The normalized spacial score (nSPS) is 25.6. The van der Waals surface area contributed by atoms with Gasteiger partial charge in [0.05, 0.1) is 7.11 Å². The second kappa shape index (κ2) is 6.89. The molecule has 0 amide bonds. The van der Waals surface area contributed by atoms with Gasteiger partial charge in [0.2, 0.25) is 0 Å². The van der Waals surface area contributed by atoms with Crippen LogP contribution in [0.4, 0.5) is 0 Å². The van der Waals surface area contributed by atoms with Crippen molar-refractivity contribution < 1.29 is 9.53 Å². The molecule has 0 saturated heterocycles. The number of hydrogen-bond donors (Lipinski definition) is 1. The van der Waals surface area contributed by atoms with E-state index >= 15 is 0 Å². The summed E-state index contributed by atoms with van der Waals surface area (Å²) < 4.78 is 5.10. The van der Waals surface area contributed by atoms with Gasteiger partial charge in [-0.3, -0.25) is 4.99 Å². The van der Waals surface area contributed by atoms with Gasteiger partial charge in [0, 0.05) is 6.21 Å². The van der Waals surface area contributed by atoms with Crippen LogP contribution < -0.4 is 5.32 Å². The molecule has 2 heterocycles. The number of nitrogens with zero attached hydrogens (tertiary/aromatic N) is 2. The van der Waals surface area contributed by atoms with E-state index < -0.39 is 11.5 Å². The number of aliphatic imine (C=N–C) groups is 2. The molecule has 1 atom stereocenters. The molecule has 1 aromatic carbocycles. The lowest BCUT2D eigenvalue weighted by molar-refractivity contribution is -0.137. The predicted octanol–water partition coefficient (Wildman–Crippen LogP) is 4.33. The van der Waals surface area contributed by atoms with Gasteiger partial charge in [-0.1, -0.05) is 55.8 Å². The van der Waals surface area contributed by atoms with Crippen LogP contribution in [0, 0.1) is 0 Å². The van der Waals surface area contributed by atoms with Crippen molar-refractivity contribution in [1.82, 2.24) is 5.32 Å². The van der Waals surface area contributed by atoms with Crippen LogP contribution in [0.25, 0.3) is 0 Å². The molecule has 1 N–H and O–H groups in total. The lowest BCUT2D eigenvalue weighted by atomic mass is 9.63. The van der Waals surface area contributed by atoms with Crippen LogP contribution in [-0.2, 0) is 20.5 Å². The van der Waals surface area contributed by atoms with Gasteiger partial charge in [-0.15, -0.1) is 0 Å². The minimum absolute atomic E-state index is 0.0155. The van der Waals surface area contributed by atoms with E-state index in [1.807, 2.05) is 30.5 Å². The van der Waals surface area contributed by atoms with Crippen LogP contribution in [0.1, 0.15) is 50.7 Å². The van der Waals surface area contributed by atoms with Gasteiger partial charge in [-0.05, 0) is 42.2 Å². The number of allylic oxidation sites excluding steroid dienone is 1. The third-order valence-electron chi connectivity index (χ3n) is 5.87. The van der Waals surface area contributed by atoms with E-state index in [0.29, 0.717) is 17.8 Å². The summed E-state index contributed by atoms with van der Waals surface area (Å²) in [6.45, 7) is 4.45. The van der Waals surface area contributed by atoms with Gasteiger partial charge in [0.25, 0.3) is 0 Å². The van der Waals surface area contributed by atoms with E-state index in [1.165, 1.54) is 12.7 Å². The summed E-state index contributed by atoms with van der Waals surface area (Å²) in [5, 5.41) is 3.34. The van der Waals surface area contributed by atoms with Gasteiger partial charge in [0.15, 0.2) is 5.84 Å². The van der Waals surface area contributed by atoms with Crippen molar-refractivity contribution in [3.8, 4) is 0 Å². The predicted molar refractivity (Wildman–Crippen MR) is 112 cm³/mol. The van der Waals surface area contributed by atoms with E-state index in [2.05, 4.69) is 30.2 Å². The van der Waals surface area contributed by atoms with Gasteiger partial charge >= 0.3 is 5.97 Å². The molecule has 2 aliphatic heterocycles. The standard InChI is InChI=1S/C22H24ClN3O2/c1-21(2)11-12-22(15-9-5-4-8-14(15)21)17(20(27)28-3)18(23)25-19(26-22)16-10-6-7-13-24-16/h4-5,8-10,13H,6-7,11-12H2,1-3H3,(H,25,26). The maximum Gasteiger partial charge on any atom is 0.339 e. The summed E-state index contributed by atoms with van der Waals surface area (Å²) in [6.07, 6.45) is 7.29. The Balaban J connectivity index is 1.97. The fourth-order valence-electron chi connectivity index (χ4n) is 4.35. The highest BCUT2D eigenvalue weighted by molar-refractivity contribution is 6.33. The number of rotatable bonds is 2.